The molecule has 1 aliphatic rings. The van der Waals surface area contributed by atoms with E-state index in [1.165, 1.54) is 26.2 Å². The van der Waals surface area contributed by atoms with Crippen LogP contribution in [0.4, 0.5) is 10.1 Å². The predicted octanol–water partition coefficient (Wildman–Crippen LogP) is 3.24. The first-order chi connectivity index (χ1) is 17.0. The molecule has 0 aromatic carbocycles. The van der Waals surface area contributed by atoms with Crippen molar-refractivity contribution in [1.29, 1.82) is 5.26 Å². The lowest BCUT2D eigenvalue weighted by atomic mass is 9.83. The number of aromatic nitrogens is 3. The van der Waals surface area contributed by atoms with E-state index in [4.69, 9.17) is 5.26 Å². The molecule has 4 N–H and O–H groups in total. The van der Waals surface area contributed by atoms with Crippen molar-refractivity contribution < 1.29 is 19.4 Å². The lowest BCUT2D eigenvalue weighted by molar-refractivity contribution is -0.00178. The molecule has 0 aliphatic heterocycles. The molecule has 190 valence electrons. The van der Waals surface area contributed by atoms with E-state index in [2.05, 4.69) is 26.7 Å². The fourth-order valence-electron chi connectivity index (χ4n) is 4.28. The van der Waals surface area contributed by atoms with Gasteiger partial charge in [-0.1, -0.05) is 0 Å². The number of amides is 1. The Hall–Kier alpha value is -3.55. The van der Waals surface area contributed by atoms with Gasteiger partial charge in [0, 0.05) is 36.1 Å². The average Bonchev–Trinajstić information content (AvgIpc) is 3.26. The molecule has 4 rings (SSSR count). The SMILES string of the molecule is CC(C)(O)[C@H](F)CNC(=O)c1cnc(-n2ccc3cc(C#N)cnc32)cc1N[C@H]1CC[C@](C)(O)CC1. The van der Waals surface area contributed by atoms with Gasteiger partial charge in [0.05, 0.1) is 34.6 Å². The fraction of sp³-hybridized carbons (Fsp3) is 0.462. The van der Waals surface area contributed by atoms with E-state index in [0.29, 0.717) is 35.6 Å². The Morgan fingerprint density at radius 3 is 2.72 bits per heavy atom. The van der Waals surface area contributed by atoms with E-state index in [1.54, 1.807) is 22.9 Å². The molecule has 1 atom stereocenters. The van der Waals surface area contributed by atoms with E-state index < -0.39 is 23.3 Å². The second kappa shape index (κ2) is 9.84. The molecule has 3 heterocycles. The molecular weight excluding hydrogens is 463 g/mol. The molecule has 36 heavy (non-hydrogen) atoms. The molecule has 0 spiro atoms. The second-order valence-electron chi connectivity index (χ2n) is 10.3. The van der Waals surface area contributed by atoms with Gasteiger partial charge in [0.25, 0.3) is 5.91 Å². The van der Waals surface area contributed by atoms with Gasteiger partial charge in [-0.15, -0.1) is 0 Å². The van der Waals surface area contributed by atoms with Crippen molar-refractivity contribution in [3.8, 4) is 11.9 Å². The van der Waals surface area contributed by atoms with Gasteiger partial charge in [0.1, 0.15) is 23.7 Å². The zero-order valence-electron chi connectivity index (χ0n) is 20.6. The van der Waals surface area contributed by atoms with Crippen molar-refractivity contribution in [3.63, 3.8) is 0 Å². The third kappa shape index (κ3) is 5.64. The Kier molecular flexibility index (Phi) is 6.98. The number of alkyl halides is 1. The minimum absolute atomic E-state index is 0.0371. The van der Waals surface area contributed by atoms with E-state index in [1.807, 2.05) is 13.0 Å². The van der Waals surface area contributed by atoms with Crippen LogP contribution in [0.15, 0.2) is 36.8 Å². The van der Waals surface area contributed by atoms with Crippen LogP contribution in [-0.4, -0.2) is 60.6 Å². The van der Waals surface area contributed by atoms with Crippen molar-refractivity contribution in [2.24, 2.45) is 0 Å². The van der Waals surface area contributed by atoms with Crippen molar-refractivity contribution >= 4 is 22.6 Å². The standard InChI is InChI=1S/C26H31FN6O3/c1-25(2,35)21(27)15-31-24(34)19-14-29-22(11-20(19)32-18-4-7-26(3,36)8-5-18)33-9-6-17-10-16(12-28)13-30-23(17)33/h6,9-11,13-14,18,21,35-36H,4-5,7-8,15H2,1-3H3,(H,29,32)(H,31,34)/t18-,21-,26-/m1/s1. The number of anilines is 1. The molecule has 1 saturated carbocycles. The summed E-state index contributed by atoms with van der Waals surface area (Å²) in [6, 6.07) is 7.43. The fourth-order valence-corrected chi connectivity index (χ4v) is 4.28. The van der Waals surface area contributed by atoms with E-state index in [-0.39, 0.29) is 18.2 Å². The van der Waals surface area contributed by atoms with Gasteiger partial charge in [-0.2, -0.15) is 5.26 Å². The number of hydrogen-bond acceptors (Lipinski definition) is 7. The van der Waals surface area contributed by atoms with E-state index in [0.717, 1.165) is 18.2 Å². The first-order valence-corrected chi connectivity index (χ1v) is 12.0. The molecule has 0 radical (unpaired) electrons. The van der Waals surface area contributed by atoms with Crippen molar-refractivity contribution in [2.45, 2.75) is 69.9 Å². The lowest BCUT2D eigenvalue weighted by Crippen LogP contribution is -2.42. The number of aliphatic hydroxyl groups is 2. The zero-order chi connectivity index (χ0) is 26.1. The van der Waals surface area contributed by atoms with E-state index >= 15 is 0 Å². The quantitative estimate of drug-likeness (QED) is 0.396. The van der Waals surface area contributed by atoms with Crippen LogP contribution in [0.1, 0.15) is 62.4 Å². The van der Waals surface area contributed by atoms with Crippen LogP contribution in [0.25, 0.3) is 16.9 Å². The largest absolute Gasteiger partial charge is 0.390 e. The maximum absolute atomic E-state index is 14.2. The Labute approximate surface area is 209 Å². The maximum Gasteiger partial charge on any atom is 0.255 e. The zero-order valence-corrected chi connectivity index (χ0v) is 20.6. The number of nitriles is 1. The molecule has 0 saturated heterocycles. The van der Waals surface area contributed by atoms with Crippen molar-refractivity contribution in [1.82, 2.24) is 19.9 Å². The second-order valence-corrected chi connectivity index (χ2v) is 10.3. The highest BCUT2D eigenvalue weighted by Crippen LogP contribution is 2.31. The minimum Gasteiger partial charge on any atom is -0.390 e. The number of carbonyl (C=O) groups is 1. The topological polar surface area (TPSA) is 136 Å². The third-order valence-corrected chi connectivity index (χ3v) is 6.67. The number of halogens is 1. The number of pyridine rings is 2. The molecule has 0 unspecified atom stereocenters. The van der Waals surface area contributed by atoms with Crippen molar-refractivity contribution in [2.75, 3.05) is 11.9 Å². The molecule has 3 aromatic heterocycles. The highest BCUT2D eigenvalue weighted by molar-refractivity contribution is 5.99. The summed E-state index contributed by atoms with van der Waals surface area (Å²) >= 11 is 0. The highest BCUT2D eigenvalue weighted by atomic mass is 19.1. The summed E-state index contributed by atoms with van der Waals surface area (Å²) in [4.78, 5) is 21.8. The smallest absolute Gasteiger partial charge is 0.255 e. The number of hydrogen-bond donors (Lipinski definition) is 4. The van der Waals surface area contributed by atoms with Crippen LogP contribution in [0, 0.1) is 11.3 Å². The van der Waals surface area contributed by atoms with Gasteiger partial charge in [-0.3, -0.25) is 9.36 Å². The van der Waals surface area contributed by atoms with Crippen LogP contribution in [0.5, 0.6) is 0 Å². The third-order valence-electron chi connectivity index (χ3n) is 6.67. The molecule has 9 nitrogen and oxygen atoms in total. The number of carbonyl (C=O) groups excluding carboxylic acids is 1. The first kappa shape index (κ1) is 25.5. The van der Waals surface area contributed by atoms with Crippen LogP contribution in [-0.2, 0) is 0 Å². The molecule has 0 bridgehead atoms. The minimum atomic E-state index is -1.64. The Morgan fingerprint density at radius 1 is 1.33 bits per heavy atom. The molecule has 3 aromatic rings. The Morgan fingerprint density at radius 2 is 2.06 bits per heavy atom. The normalized spacial score (nSPS) is 21.1. The van der Waals surface area contributed by atoms with Gasteiger partial charge in [0.15, 0.2) is 0 Å². The van der Waals surface area contributed by atoms with Gasteiger partial charge in [0.2, 0.25) is 0 Å². The average molecular weight is 495 g/mol. The number of nitrogens with one attached hydrogen (secondary N) is 2. The molecule has 1 aliphatic carbocycles. The van der Waals surface area contributed by atoms with Crippen LogP contribution >= 0.6 is 0 Å². The van der Waals surface area contributed by atoms with Crippen LogP contribution in [0.2, 0.25) is 0 Å². The van der Waals surface area contributed by atoms with Crippen LogP contribution in [0.3, 0.4) is 0 Å². The molecule has 1 fully saturated rings. The molecular formula is C26H31FN6O3. The summed E-state index contributed by atoms with van der Waals surface area (Å²) < 4.78 is 16.0. The van der Waals surface area contributed by atoms with Crippen molar-refractivity contribution in [3.05, 3.63) is 47.9 Å². The monoisotopic (exact) mass is 494 g/mol. The summed E-state index contributed by atoms with van der Waals surface area (Å²) in [6.07, 6.45) is 5.78. The summed E-state index contributed by atoms with van der Waals surface area (Å²) in [7, 11) is 0. The Balaban J connectivity index is 1.65. The summed E-state index contributed by atoms with van der Waals surface area (Å²) in [5.41, 5.74) is -0.443. The van der Waals surface area contributed by atoms with Gasteiger partial charge in [-0.25, -0.2) is 14.4 Å². The summed E-state index contributed by atoms with van der Waals surface area (Å²) in [6.45, 7) is 4.17. The van der Waals surface area contributed by atoms with Gasteiger partial charge < -0.3 is 20.8 Å². The maximum atomic E-state index is 14.2. The molecule has 1 amide bonds. The van der Waals surface area contributed by atoms with Crippen LogP contribution < -0.4 is 10.6 Å². The lowest BCUT2D eigenvalue weighted by Gasteiger charge is -2.34. The Bertz CT molecular complexity index is 1300. The highest BCUT2D eigenvalue weighted by Gasteiger charge is 2.30. The summed E-state index contributed by atoms with van der Waals surface area (Å²) in [5, 5.41) is 36.0. The molecule has 10 heteroatoms. The predicted molar refractivity (Wildman–Crippen MR) is 134 cm³/mol. The number of rotatable bonds is 7. The van der Waals surface area contributed by atoms with Gasteiger partial charge >= 0.3 is 0 Å². The van der Waals surface area contributed by atoms with E-state index in [9.17, 15) is 19.4 Å². The van der Waals surface area contributed by atoms with Gasteiger partial charge in [-0.05, 0) is 58.6 Å². The number of nitrogens with zero attached hydrogens (tertiary/aromatic N) is 4. The summed E-state index contributed by atoms with van der Waals surface area (Å²) in [5.74, 6) is 0.00401. The first-order valence-electron chi connectivity index (χ1n) is 12.0. The number of fused-ring (bicyclic) bond motifs is 1.